The summed E-state index contributed by atoms with van der Waals surface area (Å²) in [4.78, 5) is 12.3. The van der Waals surface area contributed by atoms with E-state index in [1.807, 2.05) is 0 Å². The summed E-state index contributed by atoms with van der Waals surface area (Å²) in [5.41, 5.74) is -0.187. The van der Waals surface area contributed by atoms with Crippen molar-refractivity contribution in [2.45, 2.75) is 57.4 Å². The van der Waals surface area contributed by atoms with Crippen LogP contribution in [0.2, 0.25) is 0 Å². The molecule has 0 amide bonds. The van der Waals surface area contributed by atoms with Crippen molar-refractivity contribution in [3.05, 3.63) is 0 Å². The van der Waals surface area contributed by atoms with Crippen molar-refractivity contribution < 1.29 is 4.79 Å². The molecule has 0 aromatic rings. The third kappa shape index (κ3) is 1.85. The summed E-state index contributed by atoms with van der Waals surface area (Å²) in [6.45, 7) is 3.13. The summed E-state index contributed by atoms with van der Waals surface area (Å²) < 4.78 is 0. The molecule has 2 nitrogen and oxygen atoms in total. The molecule has 1 unspecified atom stereocenters. The predicted molar refractivity (Wildman–Crippen MR) is 57.2 cm³/mol. The maximum Gasteiger partial charge on any atom is 0.155 e. The molecular weight excluding hydrogens is 174 g/mol. The number of nitrogens with one attached hydrogen (secondary N) is 1. The van der Waals surface area contributed by atoms with Gasteiger partial charge in [0.05, 0.1) is 5.54 Å². The van der Waals surface area contributed by atoms with E-state index in [2.05, 4.69) is 12.2 Å². The highest BCUT2D eigenvalue weighted by Gasteiger charge is 2.38. The Morgan fingerprint density at radius 3 is 2.50 bits per heavy atom. The maximum absolute atomic E-state index is 12.3. The van der Waals surface area contributed by atoms with Crippen LogP contribution in [0.3, 0.4) is 0 Å². The summed E-state index contributed by atoms with van der Waals surface area (Å²) in [5.74, 6) is 0.861. The Labute approximate surface area is 86.5 Å². The molecule has 14 heavy (non-hydrogen) atoms. The molecular formula is C12H21NO. The van der Waals surface area contributed by atoms with Gasteiger partial charge in [0.15, 0.2) is 5.78 Å². The lowest BCUT2D eigenvalue weighted by Crippen LogP contribution is -2.54. The lowest BCUT2D eigenvalue weighted by Gasteiger charge is -2.35. The van der Waals surface area contributed by atoms with Crippen LogP contribution in [0.25, 0.3) is 0 Å². The monoisotopic (exact) mass is 195 g/mol. The van der Waals surface area contributed by atoms with E-state index >= 15 is 0 Å². The Morgan fingerprint density at radius 1 is 1.21 bits per heavy atom. The van der Waals surface area contributed by atoms with Crippen molar-refractivity contribution in [1.82, 2.24) is 5.32 Å². The first-order valence-electron chi connectivity index (χ1n) is 6.02. The fourth-order valence-electron chi connectivity index (χ4n) is 2.91. The number of carbonyl (C=O) groups excluding carboxylic acids is 1. The Hall–Kier alpha value is -0.370. The molecule has 0 spiro atoms. The van der Waals surface area contributed by atoms with Gasteiger partial charge in [0.1, 0.15) is 0 Å². The smallest absolute Gasteiger partial charge is 0.155 e. The summed E-state index contributed by atoms with van der Waals surface area (Å²) in [7, 11) is 0. The molecule has 0 aromatic heterocycles. The van der Waals surface area contributed by atoms with Crippen molar-refractivity contribution in [3.8, 4) is 0 Å². The normalized spacial score (nSPS) is 34.6. The molecule has 1 aliphatic heterocycles. The van der Waals surface area contributed by atoms with Gasteiger partial charge in [-0.25, -0.2) is 0 Å². The van der Waals surface area contributed by atoms with E-state index in [0.717, 1.165) is 25.8 Å². The average molecular weight is 195 g/mol. The molecule has 1 aliphatic carbocycles. The number of hydrogen-bond donors (Lipinski definition) is 1. The van der Waals surface area contributed by atoms with Crippen LogP contribution in [-0.2, 0) is 4.79 Å². The zero-order valence-electron chi connectivity index (χ0n) is 9.14. The predicted octanol–water partition coefficient (Wildman–Crippen LogP) is 2.28. The van der Waals surface area contributed by atoms with Gasteiger partial charge in [0, 0.05) is 5.92 Å². The second-order valence-electron chi connectivity index (χ2n) is 5.06. The van der Waals surface area contributed by atoms with Crippen molar-refractivity contribution in [1.29, 1.82) is 0 Å². The molecule has 2 heteroatoms. The van der Waals surface area contributed by atoms with Crippen LogP contribution in [0.15, 0.2) is 0 Å². The van der Waals surface area contributed by atoms with E-state index in [4.69, 9.17) is 0 Å². The first kappa shape index (κ1) is 10.2. The van der Waals surface area contributed by atoms with Gasteiger partial charge in [-0.15, -0.1) is 0 Å². The molecule has 1 saturated heterocycles. The topological polar surface area (TPSA) is 29.1 Å². The van der Waals surface area contributed by atoms with Gasteiger partial charge >= 0.3 is 0 Å². The Bertz CT molecular complexity index is 212. The van der Waals surface area contributed by atoms with Gasteiger partial charge in [0.2, 0.25) is 0 Å². The first-order chi connectivity index (χ1) is 6.72. The fourth-order valence-corrected chi connectivity index (χ4v) is 2.91. The van der Waals surface area contributed by atoms with Gasteiger partial charge < -0.3 is 5.32 Å². The van der Waals surface area contributed by atoms with Crippen molar-refractivity contribution in [2.75, 3.05) is 6.54 Å². The minimum atomic E-state index is -0.187. The SMILES string of the molecule is CC1(C(=O)C2CCCC2)CCCCN1. The summed E-state index contributed by atoms with van der Waals surface area (Å²) in [6.07, 6.45) is 8.27. The quantitative estimate of drug-likeness (QED) is 0.732. The maximum atomic E-state index is 12.3. The zero-order valence-corrected chi connectivity index (χ0v) is 9.14. The van der Waals surface area contributed by atoms with Gasteiger partial charge in [-0.1, -0.05) is 12.8 Å². The number of rotatable bonds is 2. The molecule has 1 N–H and O–H groups in total. The number of hydrogen-bond acceptors (Lipinski definition) is 2. The van der Waals surface area contributed by atoms with E-state index in [0.29, 0.717) is 11.7 Å². The van der Waals surface area contributed by atoms with Crippen LogP contribution in [-0.4, -0.2) is 17.9 Å². The lowest BCUT2D eigenvalue weighted by molar-refractivity contribution is -0.129. The van der Waals surface area contributed by atoms with Gasteiger partial charge in [-0.05, 0) is 45.6 Å². The van der Waals surface area contributed by atoms with E-state index in [-0.39, 0.29) is 5.54 Å². The second kappa shape index (κ2) is 4.01. The molecule has 2 rings (SSSR count). The summed E-state index contributed by atoms with van der Waals surface area (Å²) in [5, 5.41) is 3.42. The second-order valence-corrected chi connectivity index (χ2v) is 5.06. The standard InChI is InChI=1S/C12H21NO/c1-12(8-4-5-9-13-12)11(14)10-6-2-3-7-10/h10,13H,2-9H2,1H3. The molecule has 2 fully saturated rings. The number of Topliss-reactive ketones (excluding diaryl/α,β-unsaturated/α-hetero) is 1. The van der Waals surface area contributed by atoms with Crippen LogP contribution in [0.4, 0.5) is 0 Å². The molecule has 0 radical (unpaired) electrons. The highest BCUT2D eigenvalue weighted by atomic mass is 16.1. The van der Waals surface area contributed by atoms with Crippen molar-refractivity contribution >= 4 is 5.78 Å². The van der Waals surface area contributed by atoms with Gasteiger partial charge in [-0.3, -0.25) is 4.79 Å². The van der Waals surface area contributed by atoms with Crippen LogP contribution >= 0.6 is 0 Å². The Kier molecular flexibility index (Phi) is 2.91. The first-order valence-corrected chi connectivity index (χ1v) is 6.02. The molecule has 1 atom stereocenters. The molecule has 0 aromatic carbocycles. The van der Waals surface area contributed by atoms with Crippen molar-refractivity contribution in [2.24, 2.45) is 5.92 Å². The third-order valence-electron chi connectivity index (χ3n) is 3.89. The third-order valence-corrected chi connectivity index (χ3v) is 3.89. The van der Waals surface area contributed by atoms with E-state index in [1.165, 1.54) is 25.7 Å². The average Bonchev–Trinajstić information content (AvgIpc) is 2.70. The number of carbonyl (C=O) groups is 1. The summed E-state index contributed by atoms with van der Waals surface area (Å²) >= 11 is 0. The molecule has 1 saturated carbocycles. The highest BCUT2D eigenvalue weighted by molar-refractivity contribution is 5.90. The summed E-state index contributed by atoms with van der Waals surface area (Å²) in [6, 6.07) is 0. The Balaban J connectivity index is 2.00. The minimum absolute atomic E-state index is 0.187. The van der Waals surface area contributed by atoms with Gasteiger partial charge in [-0.2, -0.15) is 0 Å². The van der Waals surface area contributed by atoms with Crippen molar-refractivity contribution in [3.63, 3.8) is 0 Å². The minimum Gasteiger partial charge on any atom is -0.305 e. The largest absolute Gasteiger partial charge is 0.305 e. The molecule has 2 aliphatic rings. The lowest BCUT2D eigenvalue weighted by atomic mass is 9.80. The molecule has 1 heterocycles. The molecule has 0 bridgehead atoms. The highest BCUT2D eigenvalue weighted by Crippen LogP contribution is 2.32. The van der Waals surface area contributed by atoms with E-state index < -0.39 is 0 Å². The Morgan fingerprint density at radius 2 is 1.93 bits per heavy atom. The van der Waals surface area contributed by atoms with Crippen LogP contribution in [0.5, 0.6) is 0 Å². The number of piperidine rings is 1. The number of ketones is 1. The van der Waals surface area contributed by atoms with Crippen LogP contribution in [0.1, 0.15) is 51.9 Å². The fraction of sp³-hybridized carbons (Fsp3) is 0.917. The zero-order chi connectivity index (χ0) is 10.0. The van der Waals surface area contributed by atoms with Crippen LogP contribution < -0.4 is 5.32 Å². The van der Waals surface area contributed by atoms with Crippen LogP contribution in [0, 0.1) is 5.92 Å². The van der Waals surface area contributed by atoms with E-state index in [1.54, 1.807) is 0 Å². The van der Waals surface area contributed by atoms with E-state index in [9.17, 15) is 4.79 Å². The molecule has 80 valence electrons. The van der Waals surface area contributed by atoms with Gasteiger partial charge in [0.25, 0.3) is 0 Å².